The third-order valence-corrected chi connectivity index (χ3v) is 5.36. The van der Waals surface area contributed by atoms with Crippen LogP contribution in [0.2, 0.25) is 0 Å². The van der Waals surface area contributed by atoms with Crippen molar-refractivity contribution in [3.8, 4) is 5.75 Å². The van der Waals surface area contributed by atoms with Gasteiger partial charge in [-0.15, -0.1) is 0 Å². The number of nitrogens with one attached hydrogen (secondary N) is 2. The van der Waals surface area contributed by atoms with E-state index >= 15 is 0 Å². The Balaban J connectivity index is 2.01. The number of hydrogen-bond acceptors (Lipinski definition) is 4. The van der Waals surface area contributed by atoms with Gasteiger partial charge in [-0.2, -0.15) is 17.9 Å². The normalized spacial score (nSPS) is 13.0. The maximum absolute atomic E-state index is 12.8. The van der Waals surface area contributed by atoms with Crippen LogP contribution in [0.3, 0.4) is 0 Å². The van der Waals surface area contributed by atoms with Gasteiger partial charge in [-0.25, -0.2) is 8.42 Å². The molecular weight excluding hydrogens is 397 g/mol. The second-order valence-corrected chi connectivity index (χ2v) is 7.65. The van der Waals surface area contributed by atoms with Gasteiger partial charge in [-0.05, 0) is 42.8 Å². The average molecular weight is 416 g/mol. The van der Waals surface area contributed by atoms with Crippen molar-refractivity contribution < 1.29 is 31.1 Å². The summed E-state index contributed by atoms with van der Waals surface area (Å²) in [5, 5.41) is 2.56. The van der Waals surface area contributed by atoms with Crippen molar-refractivity contribution in [2.24, 2.45) is 0 Å². The zero-order chi connectivity index (χ0) is 20.9. The predicted molar refractivity (Wildman–Crippen MR) is 96.1 cm³/mol. The molecular formula is C18H19F3N2O4S. The molecule has 1 unspecified atom stereocenters. The first-order valence-corrected chi connectivity index (χ1v) is 9.61. The van der Waals surface area contributed by atoms with E-state index < -0.39 is 38.6 Å². The highest BCUT2D eigenvalue weighted by atomic mass is 32.2. The molecule has 28 heavy (non-hydrogen) atoms. The van der Waals surface area contributed by atoms with Crippen LogP contribution in [-0.2, 0) is 27.5 Å². The molecule has 2 N–H and O–H groups in total. The number of benzene rings is 2. The molecule has 0 aliphatic carbocycles. The van der Waals surface area contributed by atoms with Crippen LogP contribution in [0.5, 0.6) is 5.75 Å². The van der Waals surface area contributed by atoms with Gasteiger partial charge in [-0.1, -0.05) is 18.2 Å². The fraction of sp³-hybridized carbons (Fsp3) is 0.278. The molecule has 2 aromatic rings. The molecule has 2 aromatic carbocycles. The van der Waals surface area contributed by atoms with Crippen LogP contribution in [0.15, 0.2) is 53.4 Å². The molecule has 2 rings (SSSR count). The van der Waals surface area contributed by atoms with Crippen LogP contribution in [0, 0.1) is 0 Å². The molecule has 0 heterocycles. The molecule has 1 atom stereocenters. The highest BCUT2D eigenvalue weighted by Crippen LogP contribution is 2.30. The number of ether oxygens (including phenoxy) is 1. The molecule has 0 saturated carbocycles. The first kappa shape index (κ1) is 21.7. The van der Waals surface area contributed by atoms with Crippen molar-refractivity contribution in [3.63, 3.8) is 0 Å². The number of carbonyl (C=O) groups is 1. The van der Waals surface area contributed by atoms with E-state index in [1.54, 1.807) is 24.3 Å². The summed E-state index contributed by atoms with van der Waals surface area (Å²) in [7, 11) is -2.78. The number of halogens is 3. The molecule has 1 amide bonds. The van der Waals surface area contributed by atoms with Gasteiger partial charge in [0, 0.05) is 6.54 Å². The van der Waals surface area contributed by atoms with E-state index in [4.69, 9.17) is 4.74 Å². The predicted octanol–water partition coefficient (Wildman–Crippen LogP) is 2.70. The summed E-state index contributed by atoms with van der Waals surface area (Å²) in [6.45, 7) is 1.45. The lowest BCUT2D eigenvalue weighted by atomic mass is 10.2. The number of amides is 1. The molecule has 0 bridgehead atoms. The largest absolute Gasteiger partial charge is 0.497 e. The third-order valence-electron chi connectivity index (χ3n) is 3.82. The summed E-state index contributed by atoms with van der Waals surface area (Å²) in [5.41, 5.74) is -0.325. The van der Waals surface area contributed by atoms with Gasteiger partial charge in [0.1, 0.15) is 5.75 Å². The average Bonchev–Trinajstić information content (AvgIpc) is 2.65. The lowest BCUT2D eigenvalue weighted by Crippen LogP contribution is -2.44. The van der Waals surface area contributed by atoms with Crippen molar-refractivity contribution in [3.05, 3.63) is 59.7 Å². The number of sulfonamides is 1. The Labute approximate surface area is 160 Å². The van der Waals surface area contributed by atoms with Gasteiger partial charge >= 0.3 is 6.18 Å². The molecule has 0 aliphatic heterocycles. The number of carbonyl (C=O) groups excluding carboxylic acids is 1. The first-order chi connectivity index (χ1) is 13.0. The maximum atomic E-state index is 12.8. The van der Waals surface area contributed by atoms with Crippen molar-refractivity contribution in [2.75, 3.05) is 7.11 Å². The number of hydrogen-bond donors (Lipinski definition) is 2. The minimum Gasteiger partial charge on any atom is -0.497 e. The Morgan fingerprint density at radius 3 is 2.36 bits per heavy atom. The Morgan fingerprint density at radius 1 is 1.14 bits per heavy atom. The van der Waals surface area contributed by atoms with Gasteiger partial charge < -0.3 is 10.1 Å². The van der Waals surface area contributed by atoms with Crippen molar-refractivity contribution in [1.29, 1.82) is 0 Å². The van der Waals surface area contributed by atoms with E-state index in [9.17, 15) is 26.4 Å². The van der Waals surface area contributed by atoms with Crippen molar-refractivity contribution >= 4 is 15.9 Å². The van der Waals surface area contributed by atoms with E-state index in [0.717, 1.165) is 23.8 Å². The minimum absolute atomic E-state index is 0.151. The lowest BCUT2D eigenvalue weighted by Gasteiger charge is -2.15. The van der Waals surface area contributed by atoms with Crippen LogP contribution in [0.4, 0.5) is 13.2 Å². The van der Waals surface area contributed by atoms with Crippen LogP contribution < -0.4 is 14.8 Å². The first-order valence-electron chi connectivity index (χ1n) is 8.13. The molecule has 0 spiro atoms. The van der Waals surface area contributed by atoms with Crippen LogP contribution in [0.1, 0.15) is 18.1 Å². The Bertz CT molecular complexity index is 929. The summed E-state index contributed by atoms with van der Waals surface area (Å²) in [6, 6.07) is 9.01. The van der Waals surface area contributed by atoms with E-state index in [1.165, 1.54) is 14.0 Å². The molecule has 0 aromatic heterocycles. The number of rotatable bonds is 7. The van der Waals surface area contributed by atoms with Crippen LogP contribution >= 0.6 is 0 Å². The zero-order valence-corrected chi connectivity index (χ0v) is 15.9. The summed E-state index contributed by atoms with van der Waals surface area (Å²) in [5.74, 6) is 0.0312. The fourth-order valence-electron chi connectivity index (χ4n) is 2.28. The Hall–Kier alpha value is -2.59. The summed E-state index contributed by atoms with van der Waals surface area (Å²) in [4.78, 5) is 11.6. The van der Waals surface area contributed by atoms with Gasteiger partial charge in [0.15, 0.2) is 0 Å². The Morgan fingerprint density at radius 2 is 1.79 bits per heavy atom. The Kier molecular flexibility index (Phi) is 6.68. The van der Waals surface area contributed by atoms with Gasteiger partial charge in [-0.3, -0.25) is 4.79 Å². The zero-order valence-electron chi connectivity index (χ0n) is 15.1. The maximum Gasteiger partial charge on any atom is 0.416 e. The monoisotopic (exact) mass is 416 g/mol. The second-order valence-electron chi connectivity index (χ2n) is 5.93. The summed E-state index contributed by atoms with van der Waals surface area (Å²) in [6.07, 6.45) is -4.67. The lowest BCUT2D eigenvalue weighted by molar-refractivity contribution is -0.137. The SMILES string of the molecule is COc1ccc(CNC(=O)C(C)NS(=O)(=O)c2cccc(C(F)(F)F)c2)cc1. The van der Waals surface area contributed by atoms with Crippen LogP contribution in [0.25, 0.3) is 0 Å². The molecule has 152 valence electrons. The fourth-order valence-corrected chi connectivity index (χ4v) is 3.53. The van der Waals surface area contributed by atoms with Gasteiger partial charge in [0.25, 0.3) is 0 Å². The summed E-state index contributed by atoms with van der Waals surface area (Å²) < 4.78 is 70.0. The van der Waals surface area contributed by atoms with E-state index in [2.05, 4.69) is 10.0 Å². The van der Waals surface area contributed by atoms with Gasteiger partial charge in [0.05, 0.1) is 23.6 Å². The second kappa shape index (κ2) is 8.61. The molecule has 6 nitrogen and oxygen atoms in total. The highest BCUT2D eigenvalue weighted by Gasteiger charge is 2.32. The number of alkyl halides is 3. The highest BCUT2D eigenvalue weighted by molar-refractivity contribution is 7.89. The smallest absolute Gasteiger partial charge is 0.416 e. The summed E-state index contributed by atoms with van der Waals surface area (Å²) >= 11 is 0. The molecule has 0 aliphatic rings. The quantitative estimate of drug-likeness (QED) is 0.727. The van der Waals surface area contributed by atoms with Crippen LogP contribution in [-0.4, -0.2) is 27.5 Å². The minimum atomic E-state index is -4.67. The van der Waals surface area contributed by atoms with E-state index in [1.807, 2.05) is 0 Å². The molecule has 0 radical (unpaired) electrons. The van der Waals surface area contributed by atoms with Crippen molar-refractivity contribution in [1.82, 2.24) is 10.0 Å². The molecule has 0 saturated heterocycles. The molecule has 0 fully saturated rings. The van der Waals surface area contributed by atoms with E-state index in [0.29, 0.717) is 11.8 Å². The molecule has 10 heteroatoms. The topological polar surface area (TPSA) is 84.5 Å². The number of methoxy groups -OCH3 is 1. The third kappa shape index (κ3) is 5.70. The van der Waals surface area contributed by atoms with Crippen molar-refractivity contribution in [2.45, 2.75) is 30.6 Å². The van der Waals surface area contributed by atoms with Gasteiger partial charge in [0.2, 0.25) is 15.9 Å². The van der Waals surface area contributed by atoms with E-state index in [-0.39, 0.29) is 6.54 Å². The standard InChI is InChI=1S/C18H19F3N2O4S/c1-12(17(24)22-11-13-6-8-15(27-2)9-7-13)23-28(25,26)16-5-3-4-14(10-16)18(19,20)21/h3-10,12,23H,11H2,1-2H3,(H,22,24).